The molecule has 0 aliphatic rings. The maximum atomic E-state index is 12.5. The van der Waals surface area contributed by atoms with E-state index in [2.05, 4.69) is 10.4 Å². The van der Waals surface area contributed by atoms with Gasteiger partial charge in [-0.25, -0.2) is 0 Å². The Morgan fingerprint density at radius 2 is 1.81 bits per heavy atom. The fourth-order valence-corrected chi connectivity index (χ4v) is 3.06. The van der Waals surface area contributed by atoms with Crippen LogP contribution >= 0.6 is 23.2 Å². The highest BCUT2D eigenvalue weighted by molar-refractivity contribution is 6.35. The molecule has 0 atom stereocenters. The van der Waals surface area contributed by atoms with Gasteiger partial charge < -0.3 is 14.8 Å². The number of nitrogens with zero attached hydrogens (tertiary/aromatic N) is 2. The third-order valence-electron chi connectivity index (χ3n) is 3.92. The quantitative estimate of drug-likeness (QED) is 0.655. The Morgan fingerprint density at radius 1 is 1.11 bits per heavy atom. The SMILES string of the molecule is COc1ccc(C(=O)Nc2cnn(Cc3c(Cl)cccc3Cl)c2)cc1OC. The molecular formula is C19H17Cl2N3O3. The van der Waals surface area contributed by atoms with Crippen molar-refractivity contribution in [1.82, 2.24) is 9.78 Å². The van der Waals surface area contributed by atoms with Crippen molar-refractivity contribution in [3.05, 3.63) is 70.0 Å². The summed E-state index contributed by atoms with van der Waals surface area (Å²) >= 11 is 12.4. The number of anilines is 1. The molecule has 0 unspecified atom stereocenters. The van der Waals surface area contributed by atoms with E-state index in [0.29, 0.717) is 39.3 Å². The number of benzene rings is 2. The Bertz CT molecular complexity index is 952. The van der Waals surface area contributed by atoms with Crippen LogP contribution in [0.15, 0.2) is 48.8 Å². The first-order chi connectivity index (χ1) is 13.0. The molecule has 140 valence electrons. The molecule has 6 nitrogen and oxygen atoms in total. The molecule has 8 heteroatoms. The minimum absolute atomic E-state index is 0.286. The van der Waals surface area contributed by atoms with Crippen molar-refractivity contribution < 1.29 is 14.3 Å². The van der Waals surface area contributed by atoms with E-state index in [9.17, 15) is 4.79 Å². The van der Waals surface area contributed by atoms with Crippen molar-refractivity contribution in [2.45, 2.75) is 6.54 Å². The van der Waals surface area contributed by atoms with Gasteiger partial charge in [0.15, 0.2) is 11.5 Å². The molecule has 2 aromatic carbocycles. The van der Waals surface area contributed by atoms with Gasteiger partial charge in [0.1, 0.15) is 0 Å². The number of aromatic nitrogens is 2. The number of methoxy groups -OCH3 is 2. The fourth-order valence-electron chi connectivity index (χ4n) is 2.54. The summed E-state index contributed by atoms with van der Waals surface area (Å²) in [4.78, 5) is 12.5. The van der Waals surface area contributed by atoms with E-state index in [1.165, 1.54) is 14.2 Å². The number of carbonyl (C=O) groups excluding carboxylic acids is 1. The summed E-state index contributed by atoms with van der Waals surface area (Å²) in [5.74, 6) is 0.749. The van der Waals surface area contributed by atoms with Crippen molar-refractivity contribution in [2.24, 2.45) is 0 Å². The zero-order valence-corrected chi connectivity index (χ0v) is 16.2. The van der Waals surface area contributed by atoms with Crippen LogP contribution in [0, 0.1) is 0 Å². The number of halogens is 2. The van der Waals surface area contributed by atoms with Crippen LogP contribution in [0.5, 0.6) is 11.5 Å². The lowest BCUT2D eigenvalue weighted by Gasteiger charge is -2.09. The smallest absolute Gasteiger partial charge is 0.255 e. The number of nitrogens with one attached hydrogen (secondary N) is 1. The second kappa shape index (κ2) is 8.33. The first-order valence-electron chi connectivity index (χ1n) is 8.00. The van der Waals surface area contributed by atoms with Gasteiger partial charge in [-0.2, -0.15) is 5.10 Å². The summed E-state index contributed by atoms with van der Waals surface area (Å²) in [5, 5.41) is 8.17. The van der Waals surface area contributed by atoms with Crippen molar-refractivity contribution in [1.29, 1.82) is 0 Å². The molecule has 27 heavy (non-hydrogen) atoms. The molecule has 0 saturated carbocycles. The van der Waals surface area contributed by atoms with Crippen molar-refractivity contribution in [3.63, 3.8) is 0 Å². The standard InChI is InChI=1S/C19H17Cl2N3O3/c1-26-17-7-6-12(8-18(17)27-2)19(25)23-13-9-22-24(10-13)11-14-15(20)4-3-5-16(14)21/h3-10H,11H2,1-2H3,(H,23,25). The average Bonchev–Trinajstić information content (AvgIpc) is 3.11. The zero-order valence-electron chi connectivity index (χ0n) is 14.7. The van der Waals surface area contributed by atoms with Crippen LogP contribution in [-0.2, 0) is 6.54 Å². The van der Waals surface area contributed by atoms with Gasteiger partial charge in [0.25, 0.3) is 5.91 Å². The van der Waals surface area contributed by atoms with Crippen molar-refractivity contribution in [2.75, 3.05) is 19.5 Å². The molecule has 3 aromatic rings. The van der Waals surface area contributed by atoms with Crippen LogP contribution < -0.4 is 14.8 Å². The maximum Gasteiger partial charge on any atom is 0.255 e. The molecule has 1 amide bonds. The zero-order chi connectivity index (χ0) is 19.4. The molecule has 3 rings (SSSR count). The second-order valence-electron chi connectivity index (χ2n) is 5.65. The third-order valence-corrected chi connectivity index (χ3v) is 4.63. The van der Waals surface area contributed by atoms with Gasteiger partial charge in [-0.15, -0.1) is 0 Å². The predicted octanol–water partition coefficient (Wildman–Crippen LogP) is 4.51. The molecule has 0 saturated heterocycles. The van der Waals surface area contributed by atoms with Crippen LogP contribution in [0.2, 0.25) is 10.0 Å². The summed E-state index contributed by atoms with van der Waals surface area (Å²) in [7, 11) is 3.06. The lowest BCUT2D eigenvalue weighted by molar-refractivity contribution is 0.102. The summed E-state index contributed by atoms with van der Waals surface area (Å²) in [6.07, 6.45) is 3.27. The lowest BCUT2D eigenvalue weighted by Crippen LogP contribution is -2.11. The van der Waals surface area contributed by atoms with Gasteiger partial charge in [0.05, 0.1) is 32.6 Å². The van der Waals surface area contributed by atoms with Crippen LogP contribution in [0.25, 0.3) is 0 Å². The van der Waals surface area contributed by atoms with E-state index in [4.69, 9.17) is 32.7 Å². The number of amides is 1. The van der Waals surface area contributed by atoms with Gasteiger partial charge in [-0.05, 0) is 30.3 Å². The molecule has 0 radical (unpaired) electrons. The second-order valence-corrected chi connectivity index (χ2v) is 6.47. The van der Waals surface area contributed by atoms with E-state index in [1.807, 2.05) is 0 Å². The summed E-state index contributed by atoms with van der Waals surface area (Å²) in [6, 6.07) is 10.3. The van der Waals surface area contributed by atoms with E-state index in [1.54, 1.807) is 53.5 Å². The molecule has 0 fully saturated rings. The van der Waals surface area contributed by atoms with Crippen LogP contribution in [0.1, 0.15) is 15.9 Å². The van der Waals surface area contributed by atoms with Gasteiger partial charge >= 0.3 is 0 Å². The van der Waals surface area contributed by atoms with Crippen LogP contribution in [-0.4, -0.2) is 29.9 Å². The first kappa shape index (κ1) is 19.1. The predicted molar refractivity (Wildman–Crippen MR) is 105 cm³/mol. The third kappa shape index (κ3) is 4.35. The van der Waals surface area contributed by atoms with E-state index >= 15 is 0 Å². The highest BCUT2D eigenvalue weighted by Gasteiger charge is 2.13. The number of hydrogen-bond donors (Lipinski definition) is 1. The molecule has 0 aliphatic heterocycles. The number of ether oxygens (including phenoxy) is 2. The molecule has 1 N–H and O–H groups in total. The number of rotatable bonds is 6. The Balaban J connectivity index is 1.73. The fraction of sp³-hybridized carbons (Fsp3) is 0.158. The van der Waals surface area contributed by atoms with Gasteiger partial charge in [-0.3, -0.25) is 9.48 Å². The number of carbonyl (C=O) groups is 1. The summed E-state index contributed by atoms with van der Waals surface area (Å²) in [5.41, 5.74) is 1.76. The van der Waals surface area contributed by atoms with E-state index in [0.717, 1.165) is 5.56 Å². The highest BCUT2D eigenvalue weighted by Crippen LogP contribution is 2.28. The normalized spacial score (nSPS) is 10.5. The van der Waals surface area contributed by atoms with Crippen LogP contribution in [0.4, 0.5) is 5.69 Å². The Hall–Kier alpha value is -2.70. The topological polar surface area (TPSA) is 65.4 Å². The van der Waals surface area contributed by atoms with Crippen LogP contribution in [0.3, 0.4) is 0 Å². The molecular weight excluding hydrogens is 389 g/mol. The van der Waals surface area contributed by atoms with E-state index in [-0.39, 0.29) is 5.91 Å². The van der Waals surface area contributed by atoms with E-state index < -0.39 is 0 Å². The van der Waals surface area contributed by atoms with Crippen molar-refractivity contribution >= 4 is 34.8 Å². The van der Waals surface area contributed by atoms with Gasteiger partial charge in [0, 0.05) is 27.4 Å². The number of hydrogen-bond acceptors (Lipinski definition) is 4. The minimum atomic E-state index is -0.286. The van der Waals surface area contributed by atoms with Gasteiger partial charge in [0.2, 0.25) is 0 Å². The Morgan fingerprint density at radius 3 is 2.48 bits per heavy atom. The molecule has 0 aliphatic carbocycles. The Kier molecular flexibility index (Phi) is 5.88. The molecule has 0 spiro atoms. The first-order valence-corrected chi connectivity index (χ1v) is 8.76. The largest absolute Gasteiger partial charge is 0.493 e. The maximum absolute atomic E-state index is 12.5. The molecule has 1 aromatic heterocycles. The molecule has 0 bridgehead atoms. The summed E-state index contributed by atoms with van der Waals surface area (Å²) in [6.45, 7) is 0.394. The lowest BCUT2D eigenvalue weighted by atomic mass is 10.2. The summed E-state index contributed by atoms with van der Waals surface area (Å²) < 4.78 is 12.1. The Labute approximate surface area is 166 Å². The molecule has 1 heterocycles. The minimum Gasteiger partial charge on any atom is -0.493 e. The monoisotopic (exact) mass is 405 g/mol. The van der Waals surface area contributed by atoms with Gasteiger partial charge in [-0.1, -0.05) is 29.3 Å². The highest BCUT2D eigenvalue weighted by atomic mass is 35.5. The average molecular weight is 406 g/mol. The van der Waals surface area contributed by atoms with Crippen molar-refractivity contribution in [3.8, 4) is 11.5 Å².